The van der Waals surface area contributed by atoms with Crippen LogP contribution < -0.4 is 5.32 Å². The van der Waals surface area contributed by atoms with E-state index in [9.17, 15) is 4.79 Å². The van der Waals surface area contributed by atoms with Crippen LogP contribution in [0.2, 0.25) is 10.0 Å². The highest BCUT2D eigenvalue weighted by molar-refractivity contribution is 6.42. The second-order valence-corrected chi connectivity index (χ2v) is 7.02. The van der Waals surface area contributed by atoms with Gasteiger partial charge in [-0.2, -0.15) is 0 Å². The van der Waals surface area contributed by atoms with E-state index in [4.69, 9.17) is 27.6 Å². The number of carbonyl (C=O) groups excluding carboxylic acids is 1. The standard InChI is InChI=1S/C20H16Cl2N4O2/c1-2-19-24-25-20(28-19)17-9-12-5-3-4-6-16(12)26(17)11-18(27)23-13-7-8-14(21)15(22)10-13/h3-10H,2,11H2,1H3,(H,23,27). The normalized spacial score (nSPS) is 11.1. The third-order valence-electron chi connectivity index (χ3n) is 4.30. The second kappa shape index (κ2) is 7.66. The smallest absolute Gasteiger partial charge is 0.264 e. The lowest BCUT2D eigenvalue weighted by Gasteiger charge is -2.10. The van der Waals surface area contributed by atoms with Crippen molar-refractivity contribution in [1.82, 2.24) is 14.8 Å². The highest BCUT2D eigenvalue weighted by atomic mass is 35.5. The van der Waals surface area contributed by atoms with Gasteiger partial charge in [0.25, 0.3) is 5.89 Å². The third kappa shape index (κ3) is 3.61. The van der Waals surface area contributed by atoms with E-state index in [2.05, 4.69) is 15.5 Å². The largest absolute Gasteiger partial charge is 0.419 e. The molecule has 2 aromatic carbocycles. The molecule has 0 unspecified atom stereocenters. The van der Waals surface area contributed by atoms with Gasteiger partial charge >= 0.3 is 0 Å². The molecule has 0 bridgehead atoms. The summed E-state index contributed by atoms with van der Waals surface area (Å²) in [6, 6.07) is 14.7. The van der Waals surface area contributed by atoms with Crippen LogP contribution in [-0.2, 0) is 17.8 Å². The first-order valence-electron chi connectivity index (χ1n) is 8.71. The van der Waals surface area contributed by atoms with Gasteiger partial charge in [-0.3, -0.25) is 4.79 Å². The van der Waals surface area contributed by atoms with Gasteiger partial charge in [0.15, 0.2) is 0 Å². The number of carbonyl (C=O) groups is 1. The average molecular weight is 415 g/mol. The molecule has 2 aromatic heterocycles. The SMILES string of the molecule is CCc1nnc(-c2cc3ccccc3n2CC(=O)Nc2ccc(Cl)c(Cl)c2)o1. The zero-order valence-corrected chi connectivity index (χ0v) is 16.5. The van der Waals surface area contributed by atoms with Gasteiger partial charge in [-0.15, -0.1) is 10.2 Å². The first kappa shape index (κ1) is 18.5. The molecule has 0 aliphatic rings. The van der Waals surface area contributed by atoms with Crippen molar-refractivity contribution < 1.29 is 9.21 Å². The summed E-state index contributed by atoms with van der Waals surface area (Å²) in [7, 11) is 0. The topological polar surface area (TPSA) is 73.0 Å². The Labute approximate surface area is 171 Å². The fourth-order valence-corrected chi connectivity index (χ4v) is 3.27. The van der Waals surface area contributed by atoms with Gasteiger partial charge in [-0.25, -0.2) is 0 Å². The fourth-order valence-electron chi connectivity index (χ4n) is 2.98. The minimum absolute atomic E-state index is 0.0763. The van der Waals surface area contributed by atoms with Crippen molar-refractivity contribution in [1.29, 1.82) is 0 Å². The highest BCUT2D eigenvalue weighted by Gasteiger charge is 2.18. The van der Waals surface area contributed by atoms with Gasteiger partial charge in [0, 0.05) is 23.0 Å². The minimum Gasteiger partial charge on any atom is -0.419 e. The molecule has 0 radical (unpaired) electrons. The summed E-state index contributed by atoms with van der Waals surface area (Å²) in [6.07, 6.45) is 0.644. The molecule has 0 saturated heterocycles. The zero-order valence-electron chi connectivity index (χ0n) is 14.9. The van der Waals surface area contributed by atoms with Crippen molar-refractivity contribution in [2.45, 2.75) is 19.9 Å². The van der Waals surface area contributed by atoms with E-state index in [0.29, 0.717) is 39.6 Å². The summed E-state index contributed by atoms with van der Waals surface area (Å²) in [5.74, 6) is 0.721. The van der Waals surface area contributed by atoms with Crippen LogP contribution in [0.3, 0.4) is 0 Å². The van der Waals surface area contributed by atoms with Crippen LogP contribution in [0.25, 0.3) is 22.5 Å². The summed E-state index contributed by atoms with van der Waals surface area (Å²) in [5, 5.41) is 12.8. The molecule has 0 saturated carbocycles. The Morgan fingerprint density at radius 1 is 1.11 bits per heavy atom. The number of amides is 1. The lowest BCUT2D eigenvalue weighted by Crippen LogP contribution is -2.19. The molecule has 6 nitrogen and oxygen atoms in total. The van der Waals surface area contributed by atoms with Crippen molar-refractivity contribution >= 4 is 45.7 Å². The van der Waals surface area contributed by atoms with E-state index >= 15 is 0 Å². The number of benzene rings is 2. The Kier molecular flexibility index (Phi) is 5.07. The number of aromatic nitrogens is 3. The van der Waals surface area contributed by atoms with E-state index in [1.807, 2.05) is 41.8 Å². The van der Waals surface area contributed by atoms with Crippen LogP contribution in [0.15, 0.2) is 52.9 Å². The summed E-state index contributed by atoms with van der Waals surface area (Å²) >= 11 is 12.0. The monoisotopic (exact) mass is 414 g/mol. The van der Waals surface area contributed by atoms with E-state index in [1.165, 1.54) is 0 Å². The molecule has 0 spiro atoms. The van der Waals surface area contributed by atoms with E-state index in [1.54, 1.807) is 18.2 Å². The summed E-state index contributed by atoms with van der Waals surface area (Å²) < 4.78 is 7.57. The third-order valence-corrected chi connectivity index (χ3v) is 5.04. The molecule has 1 amide bonds. The van der Waals surface area contributed by atoms with Crippen molar-refractivity contribution in [3.8, 4) is 11.6 Å². The minimum atomic E-state index is -0.212. The molecular weight excluding hydrogens is 399 g/mol. The molecule has 4 aromatic rings. The van der Waals surface area contributed by atoms with Crippen molar-refractivity contribution in [3.63, 3.8) is 0 Å². The number of para-hydroxylation sites is 1. The maximum Gasteiger partial charge on any atom is 0.264 e. The van der Waals surface area contributed by atoms with Crippen LogP contribution in [0, 0.1) is 0 Å². The van der Waals surface area contributed by atoms with Crippen molar-refractivity contribution in [3.05, 3.63) is 64.5 Å². The van der Waals surface area contributed by atoms with Gasteiger partial charge in [0.2, 0.25) is 11.8 Å². The Morgan fingerprint density at radius 2 is 1.93 bits per heavy atom. The highest BCUT2D eigenvalue weighted by Crippen LogP contribution is 2.28. The van der Waals surface area contributed by atoms with Crippen LogP contribution in [0.4, 0.5) is 5.69 Å². The van der Waals surface area contributed by atoms with Crippen LogP contribution in [0.5, 0.6) is 0 Å². The van der Waals surface area contributed by atoms with Gasteiger partial charge in [-0.05, 0) is 30.3 Å². The number of halogens is 2. The molecule has 0 fully saturated rings. The Bertz CT molecular complexity index is 1170. The quantitative estimate of drug-likeness (QED) is 0.486. The molecule has 8 heteroatoms. The summed E-state index contributed by atoms with van der Waals surface area (Å²) in [6.45, 7) is 2.02. The van der Waals surface area contributed by atoms with Gasteiger partial charge < -0.3 is 14.3 Å². The van der Waals surface area contributed by atoms with Crippen molar-refractivity contribution in [2.75, 3.05) is 5.32 Å². The molecule has 142 valence electrons. The van der Waals surface area contributed by atoms with Gasteiger partial charge in [0.05, 0.1) is 10.0 Å². The number of hydrogen-bond donors (Lipinski definition) is 1. The van der Waals surface area contributed by atoms with E-state index in [0.717, 1.165) is 10.9 Å². The molecule has 1 N–H and O–H groups in total. The number of rotatable bonds is 5. The number of fused-ring (bicyclic) bond motifs is 1. The molecule has 2 heterocycles. The van der Waals surface area contributed by atoms with Gasteiger partial charge in [-0.1, -0.05) is 48.3 Å². The van der Waals surface area contributed by atoms with Crippen LogP contribution in [-0.4, -0.2) is 20.7 Å². The second-order valence-electron chi connectivity index (χ2n) is 6.21. The molecule has 4 rings (SSSR count). The lowest BCUT2D eigenvalue weighted by atomic mass is 10.2. The van der Waals surface area contributed by atoms with Crippen LogP contribution in [0.1, 0.15) is 12.8 Å². The van der Waals surface area contributed by atoms with Crippen LogP contribution >= 0.6 is 23.2 Å². The predicted molar refractivity (Wildman–Crippen MR) is 110 cm³/mol. The fraction of sp³-hybridized carbons (Fsp3) is 0.150. The van der Waals surface area contributed by atoms with Gasteiger partial charge in [0.1, 0.15) is 12.2 Å². The Morgan fingerprint density at radius 3 is 2.68 bits per heavy atom. The lowest BCUT2D eigenvalue weighted by molar-refractivity contribution is -0.116. The molecule has 0 aliphatic heterocycles. The number of hydrogen-bond acceptors (Lipinski definition) is 4. The maximum absolute atomic E-state index is 12.7. The number of aryl methyl sites for hydroxylation is 1. The molecule has 0 atom stereocenters. The molecular formula is C20H16Cl2N4O2. The first-order valence-corrected chi connectivity index (χ1v) is 9.46. The molecule has 28 heavy (non-hydrogen) atoms. The average Bonchev–Trinajstić information content (AvgIpc) is 3.30. The summed E-state index contributed by atoms with van der Waals surface area (Å²) in [5.41, 5.74) is 2.17. The Hall–Kier alpha value is -2.83. The first-order chi connectivity index (χ1) is 13.5. The predicted octanol–water partition coefficient (Wildman–Crippen LogP) is 5.20. The zero-order chi connectivity index (χ0) is 19.7. The molecule has 0 aliphatic carbocycles. The summed E-state index contributed by atoms with van der Waals surface area (Å²) in [4.78, 5) is 12.7. The number of anilines is 1. The van der Waals surface area contributed by atoms with E-state index in [-0.39, 0.29) is 12.5 Å². The van der Waals surface area contributed by atoms with Crippen molar-refractivity contribution in [2.24, 2.45) is 0 Å². The maximum atomic E-state index is 12.7. The number of nitrogens with zero attached hydrogens (tertiary/aromatic N) is 3. The van der Waals surface area contributed by atoms with E-state index < -0.39 is 0 Å². The number of nitrogens with one attached hydrogen (secondary N) is 1. The Balaban J connectivity index is 1.67.